The first-order valence-corrected chi connectivity index (χ1v) is 10.0. The Morgan fingerprint density at radius 1 is 1.23 bits per heavy atom. The van der Waals surface area contributed by atoms with E-state index in [4.69, 9.17) is 0 Å². The molecule has 0 saturated carbocycles. The van der Waals surface area contributed by atoms with E-state index in [1.807, 2.05) is 13.0 Å². The largest absolute Gasteiger partial charge is 0.394 e. The Morgan fingerprint density at radius 3 is 2.65 bits per heavy atom. The van der Waals surface area contributed by atoms with Crippen LogP contribution in [0.3, 0.4) is 0 Å². The quantitative estimate of drug-likeness (QED) is 0.589. The van der Waals surface area contributed by atoms with Crippen molar-refractivity contribution < 1.29 is 19.1 Å². The van der Waals surface area contributed by atoms with Crippen LogP contribution >= 0.6 is 0 Å². The van der Waals surface area contributed by atoms with Gasteiger partial charge in [-0.25, -0.2) is 9.07 Å². The van der Waals surface area contributed by atoms with E-state index in [0.29, 0.717) is 22.6 Å². The average Bonchev–Trinajstić information content (AvgIpc) is 3.04. The van der Waals surface area contributed by atoms with E-state index in [-0.39, 0.29) is 19.1 Å². The predicted molar refractivity (Wildman–Crippen MR) is 113 cm³/mol. The van der Waals surface area contributed by atoms with Gasteiger partial charge >= 0.3 is 0 Å². The lowest BCUT2D eigenvalue weighted by molar-refractivity contribution is -0.118. The van der Waals surface area contributed by atoms with Gasteiger partial charge in [-0.2, -0.15) is 5.10 Å². The molecule has 0 aliphatic carbocycles. The van der Waals surface area contributed by atoms with Crippen LogP contribution in [0.2, 0.25) is 0 Å². The Balaban J connectivity index is 1.79. The minimum Gasteiger partial charge on any atom is -0.394 e. The highest BCUT2D eigenvalue weighted by Gasteiger charge is 2.41. The molecule has 2 amide bonds. The molecule has 8 heteroatoms. The summed E-state index contributed by atoms with van der Waals surface area (Å²) in [5.74, 6) is -1.25. The predicted octanol–water partition coefficient (Wildman–Crippen LogP) is 2.51. The minimum absolute atomic E-state index is 0.141. The van der Waals surface area contributed by atoms with Crippen molar-refractivity contribution in [1.29, 1.82) is 0 Å². The second kappa shape index (κ2) is 8.31. The topological polar surface area (TPSA) is 96.3 Å². The number of aryl methyl sites for hydroxylation is 2. The highest BCUT2D eigenvalue weighted by molar-refractivity contribution is 6.04. The molecule has 0 fully saturated rings. The summed E-state index contributed by atoms with van der Waals surface area (Å²) in [6.45, 7) is 3.77. The van der Waals surface area contributed by atoms with Crippen molar-refractivity contribution >= 4 is 17.6 Å². The van der Waals surface area contributed by atoms with Crippen LogP contribution in [-0.4, -0.2) is 39.4 Å². The zero-order valence-corrected chi connectivity index (χ0v) is 17.2. The van der Waals surface area contributed by atoms with E-state index in [2.05, 4.69) is 15.7 Å². The SMILES string of the molecule is Cc1cccc(C(=O)N[C@@H]2C(=O)Nc3c(c(C)nn3CCO)[C@@H]2c2ccc(F)cc2)c1. The van der Waals surface area contributed by atoms with Crippen molar-refractivity contribution in [1.82, 2.24) is 15.1 Å². The number of carbonyl (C=O) groups is 2. The molecule has 0 spiro atoms. The lowest BCUT2D eigenvalue weighted by atomic mass is 9.82. The van der Waals surface area contributed by atoms with Gasteiger partial charge in [0.2, 0.25) is 5.91 Å². The zero-order valence-electron chi connectivity index (χ0n) is 17.2. The molecule has 1 aliphatic heterocycles. The van der Waals surface area contributed by atoms with Gasteiger partial charge in [0, 0.05) is 17.0 Å². The van der Waals surface area contributed by atoms with Crippen molar-refractivity contribution in [3.63, 3.8) is 0 Å². The highest BCUT2D eigenvalue weighted by atomic mass is 19.1. The average molecular weight is 422 g/mol. The highest BCUT2D eigenvalue weighted by Crippen LogP contribution is 2.39. The van der Waals surface area contributed by atoms with Crippen LogP contribution in [0.15, 0.2) is 48.5 Å². The Hall–Kier alpha value is -3.52. The summed E-state index contributed by atoms with van der Waals surface area (Å²) in [6, 6.07) is 12.1. The minimum atomic E-state index is -0.920. The summed E-state index contributed by atoms with van der Waals surface area (Å²) in [7, 11) is 0. The number of aromatic nitrogens is 2. The molecule has 7 nitrogen and oxygen atoms in total. The number of hydrogen-bond donors (Lipinski definition) is 3. The summed E-state index contributed by atoms with van der Waals surface area (Å²) < 4.78 is 15.1. The normalized spacial score (nSPS) is 17.7. The maximum absolute atomic E-state index is 13.6. The number of carbonyl (C=O) groups excluding carboxylic acids is 2. The fraction of sp³-hybridized carbons (Fsp3) is 0.261. The summed E-state index contributed by atoms with van der Waals surface area (Å²) in [5, 5.41) is 19.5. The van der Waals surface area contributed by atoms with E-state index < -0.39 is 23.7 Å². The molecule has 0 radical (unpaired) electrons. The molecular weight excluding hydrogens is 399 g/mol. The molecule has 0 unspecified atom stereocenters. The number of aliphatic hydroxyl groups is 1. The number of nitrogens with one attached hydrogen (secondary N) is 2. The lowest BCUT2D eigenvalue weighted by Crippen LogP contribution is -2.50. The van der Waals surface area contributed by atoms with Gasteiger partial charge in [-0.05, 0) is 43.7 Å². The maximum Gasteiger partial charge on any atom is 0.251 e. The molecule has 1 aromatic heterocycles. The fourth-order valence-electron chi connectivity index (χ4n) is 4.06. The number of halogens is 1. The summed E-state index contributed by atoms with van der Waals surface area (Å²) >= 11 is 0. The van der Waals surface area contributed by atoms with Gasteiger partial charge in [-0.1, -0.05) is 29.8 Å². The van der Waals surface area contributed by atoms with Crippen molar-refractivity contribution in [3.8, 4) is 0 Å². The van der Waals surface area contributed by atoms with Crippen LogP contribution in [0.25, 0.3) is 0 Å². The van der Waals surface area contributed by atoms with Gasteiger partial charge < -0.3 is 15.7 Å². The van der Waals surface area contributed by atoms with Gasteiger partial charge in [0.1, 0.15) is 17.7 Å². The molecule has 3 N–H and O–H groups in total. The molecule has 1 aliphatic rings. The fourth-order valence-corrected chi connectivity index (χ4v) is 4.06. The van der Waals surface area contributed by atoms with Crippen molar-refractivity contribution in [2.75, 3.05) is 11.9 Å². The van der Waals surface area contributed by atoms with Crippen molar-refractivity contribution in [2.24, 2.45) is 0 Å². The van der Waals surface area contributed by atoms with Gasteiger partial charge in [0.05, 0.1) is 18.8 Å². The molecule has 2 aromatic carbocycles. The van der Waals surface area contributed by atoms with Gasteiger partial charge in [-0.15, -0.1) is 0 Å². The smallest absolute Gasteiger partial charge is 0.251 e. The summed E-state index contributed by atoms with van der Waals surface area (Å²) in [5.41, 5.74) is 3.45. The first kappa shape index (κ1) is 20.7. The van der Waals surface area contributed by atoms with E-state index in [9.17, 15) is 19.1 Å². The third kappa shape index (κ3) is 3.94. The standard InChI is InChI=1S/C23H23FN4O3/c1-13-4-3-5-16(12-13)22(30)25-20-19(15-6-8-17(24)9-7-15)18-14(2)27-28(10-11-29)21(18)26-23(20)31/h3-9,12,19-20,29H,10-11H2,1-2H3,(H,25,30)(H,26,31)/t19-,20-/m0/s1. The molecule has 3 aromatic rings. The molecule has 2 heterocycles. The monoisotopic (exact) mass is 422 g/mol. The summed E-state index contributed by atoms with van der Waals surface area (Å²) in [6.07, 6.45) is 0. The third-order valence-electron chi connectivity index (χ3n) is 5.45. The Labute approximate surface area is 178 Å². The lowest BCUT2D eigenvalue weighted by Gasteiger charge is -2.32. The molecule has 0 saturated heterocycles. The van der Waals surface area contributed by atoms with E-state index in [1.54, 1.807) is 37.3 Å². The van der Waals surface area contributed by atoms with Crippen LogP contribution in [0, 0.1) is 19.7 Å². The van der Waals surface area contributed by atoms with Crippen LogP contribution < -0.4 is 10.6 Å². The number of aliphatic hydroxyl groups excluding tert-OH is 1. The number of benzene rings is 2. The molecule has 0 bridgehead atoms. The second-order valence-electron chi connectivity index (χ2n) is 7.63. The Bertz CT molecular complexity index is 1140. The third-order valence-corrected chi connectivity index (χ3v) is 5.45. The number of hydrogen-bond acceptors (Lipinski definition) is 4. The first-order valence-electron chi connectivity index (χ1n) is 10.0. The van der Waals surface area contributed by atoms with Crippen molar-refractivity contribution in [2.45, 2.75) is 32.4 Å². The van der Waals surface area contributed by atoms with Crippen LogP contribution in [0.5, 0.6) is 0 Å². The van der Waals surface area contributed by atoms with E-state index in [1.165, 1.54) is 16.8 Å². The Morgan fingerprint density at radius 2 is 1.97 bits per heavy atom. The zero-order chi connectivity index (χ0) is 22.1. The number of nitrogens with zero attached hydrogens (tertiary/aromatic N) is 2. The first-order chi connectivity index (χ1) is 14.9. The van der Waals surface area contributed by atoms with Gasteiger partial charge in [0.15, 0.2) is 0 Å². The van der Waals surface area contributed by atoms with Crippen molar-refractivity contribution in [3.05, 3.63) is 82.3 Å². The van der Waals surface area contributed by atoms with Gasteiger partial charge in [-0.3, -0.25) is 9.59 Å². The number of anilines is 1. The number of fused-ring (bicyclic) bond motifs is 1. The van der Waals surface area contributed by atoms with Crippen LogP contribution in [0.1, 0.15) is 38.7 Å². The maximum atomic E-state index is 13.6. The second-order valence-corrected chi connectivity index (χ2v) is 7.63. The van der Waals surface area contributed by atoms with Crippen LogP contribution in [0.4, 0.5) is 10.2 Å². The van der Waals surface area contributed by atoms with E-state index in [0.717, 1.165) is 11.1 Å². The molecule has 31 heavy (non-hydrogen) atoms. The molecule has 2 atom stereocenters. The number of rotatable bonds is 5. The molecule has 160 valence electrons. The van der Waals surface area contributed by atoms with Gasteiger partial charge in [0.25, 0.3) is 5.91 Å². The Kier molecular flexibility index (Phi) is 5.56. The van der Waals surface area contributed by atoms with E-state index >= 15 is 0 Å². The summed E-state index contributed by atoms with van der Waals surface area (Å²) in [4.78, 5) is 26.0. The van der Waals surface area contributed by atoms with Crippen LogP contribution in [-0.2, 0) is 11.3 Å². The molecule has 4 rings (SSSR count). The molecular formula is C23H23FN4O3. The number of amides is 2.